The maximum atomic E-state index is 12.5. The van der Waals surface area contributed by atoms with Crippen LogP contribution in [-0.2, 0) is 9.53 Å². The first-order valence-corrected chi connectivity index (χ1v) is 7.14. The Bertz CT molecular complexity index is 349. The molecule has 1 saturated carbocycles. The Morgan fingerprint density at radius 2 is 2.11 bits per heavy atom. The maximum Gasteiger partial charge on any atom is 0.319 e. The zero-order chi connectivity index (χ0) is 12.9. The molecule has 2 heterocycles. The van der Waals surface area contributed by atoms with Gasteiger partial charge in [0.1, 0.15) is 5.92 Å². The first-order chi connectivity index (χ1) is 8.59. The Hall–Kier alpha value is -0.490. The van der Waals surface area contributed by atoms with E-state index in [2.05, 4.69) is 5.32 Å². The number of piperidine rings is 1. The van der Waals surface area contributed by atoms with Crippen LogP contribution in [0.3, 0.4) is 0 Å². The van der Waals surface area contributed by atoms with Gasteiger partial charge < -0.3 is 4.74 Å². The molecule has 3 fully saturated rings. The van der Waals surface area contributed by atoms with E-state index in [9.17, 15) is 4.79 Å². The number of carbonyl (C=O) groups is 1. The van der Waals surface area contributed by atoms with Gasteiger partial charge >= 0.3 is 5.91 Å². The molecule has 7 atom stereocenters. The van der Waals surface area contributed by atoms with Crippen molar-refractivity contribution in [1.82, 2.24) is 5.32 Å². The number of hydrogen-bond donors (Lipinski definition) is 3. The van der Waals surface area contributed by atoms with Gasteiger partial charge in [0.25, 0.3) is 0 Å². The molecule has 0 aromatic heterocycles. The predicted molar refractivity (Wildman–Crippen MR) is 66.6 cm³/mol. The zero-order valence-electron chi connectivity index (χ0n) is 11.2. The van der Waals surface area contributed by atoms with Gasteiger partial charge in [-0.3, -0.25) is 16.0 Å². The third-order valence-corrected chi connectivity index (χ3v) is 5.11. The van der Waals surface area contributed by atoms with E-state index >= 15 is 0 Å². The lowest BCUT2D eigenvalue weighted by molar-refractivity contribution is -0.843. The van der Waals surface area contributed by atoms with Crippen LogP contribution in [0.2, 0.25) is 0 Å². The first-order valence-electron chi connectivity index (χ1n) is 7.14. The number of fused-ring (bicyclic) bond motifs is 3. The first kappa shape index (κ1) is 12.5. The normalized spacial score (nSPS) is 52.6. The van der Waals surface area contributed by atoms with Crippen molar-refractivity contribution in [2.75, 3.05) is 7.05 Å². The minimum atomic E-state index is -0.421. The summed E-state index contributed by atoms with van der Waals surface area (Å²) in [7, 11) is 2.03. The maximum absolute atomic E-state index is 12.5. The summed E-state index contributed by atoms with van der Waals surface area (Å²) < 4.78 is 5.88. The minimum absolute atomic E-state index is 0.0257. The fraction of sp³-hybridized carbons (Fsp3) is 0.923. The standard InChI is InChI=1S/C13H23N3O2/c1-7-10-11(18-13(14)15-7)8-5-3-4-6-9(8)16(2)12(10)17/h7-11,13,15H,3-6,14H2,1-2H3/p+1. The summed E-state index contributed by atoms with van der Waals surface area (Å²) in [4.78, 5) is 13.6. The molecule has 5 nitrogen and oxygen atoms in total. The number of likely N-dealkylation sites (tertiary alicyclic amines) is 1. The van der Waals surface area contributed by atoms with Crippen molar-refractivity contribution in [2.45, 2.75) is 57.1 Å². The van der Waals surface area contributed by atoms with Crippen molar-refractivity contribution in [3.05, 3.63) is 0 Å². The van der Waals surface area contributed by atoms with Crippen LogP contribution in [0.4, 0.5) is 0 Å². The summed E-state index contributed by atoms with van der Waals surface area (Å²) in [5.74, 6) is 0.760. The highest BCUT2D eigenvalue weighted by Crippen LogP contribution is 2.36. The SMILES string of the molecule is CC1NC(N)OC2C3CCCCC3[NH+](C)C(=O)C12. The molecule has 2 saturated heterocycles. The van der Waals surface area contributed by atoms with Crippen LogP contribution in [0.25, 0.3) is 0 Å². The molecule has 0 aromatic rings. The number of carbonyl (C=O) groups excluding carboxylic acids is 1. The molecule has 2 aliphatic heterocycles. The van der Waals surface area contributed by atoms with Gasteiger partial charge in [0.05, 0.1) is 19.2 Å². The summed E-state index contributed by atoms with van der Waals surface area (Å²) in [6.07, 6.45) is 4.42. The van der Waals surface area contributed by atoms with Gasteiger partial charge in [-0.15, -0.1) is 0 Å². The zero-order valence-corrected chi connectivity index (χ0v) is 11.2. The number of nitrogens with two attached hydrogens (primary N) is 1. The van der Waals surface area contributed by atoms with Gasteiger partial charge in [-0.2, -0.15) is 0 Å². The topological polar surface area (TPSA) is 68.8 Å². The summed E-state index contributed by atoms with van der Waals surface area (Å²) in [6, 6.07) is 0.550. The van der Waals surface area contributed by atoms with Crippen molar-refractivity contribution in [3.63, 3.8) is 0 Å². The quantitative estimate of drug-likeness (QED) is 0.510. The molecule has 1 aliphatic carbocycles. The predicted octanol–water partition coefficient (Wildman–Crippen LogP) is -1.16. The Labute approximate surface area is 108 Å². The van der Waals surface area contributed by atoms with Crippen molar-refractivity contribution < 1.29 is 14.4 Å². The summed E-state index contributed by atoms with van der Waals surface area (Å²) in [5, 5.41) is 3.15. The number of ether oxygens (including phenoxy) is 1. The van der Waals surface area contributed by atoms with E-state index < -0.39 is 6.35 Å². The van der Waals surface area contributed by atoms with Gasteiger partial charge in [-0.05, 0) is 19.8 Å². The third-order valence-electron chi connectivity index (χ3n) is 5.11. The highest BCUT2D eigenvalue weighted by molar-refractivity contribution is 5.72. The van der Waals surface area contributed by atoms with Crippen LogP contribution in [0.5, 0.6) is 0 Å². The van der Waals surface area contributed by atoms with Crippen LogP contribution < -0.4 is 16.0 Å². The lowest BCUT2D eigenvalue weighted by atomic mass is 9.70. The third kappa shape index (κ3) is 1.81. The van der Waals surface area contributed by atoms with Crippen LogP contribution >= 0.6 is 0 Å². The highest BCUT2D eigenvalue weighted by atomic mass is 16.5. The monoisotopic (exact) mass is 254 g/mol. The Balaban J connectivity index is 1.91. The van der Waals surface area contributed by atoms with Crippen LogP contribution in [0, 0.1) is 11.8 Å². The second kappa shape index (κ2) is 4.56. The lowest BCUT2D eigenvalue weighted by Crippen LogP contribution is -3.19. The molecular formula is C13H24N3O2+. The Morgan fingerprint density at radius 1 is 1.39 bits per heavy atom. The molecule has 0 spiro atoms. The highest BCUT2D eigenvalue weighted by Gasteiger charge is 2.56. The second-order valence-electron chi connectivity index (χ2n) is 6.10. The van der Waals surface area contributed by atoms with Crippen molar-refractivity contribution in [3.8, 4) is 0 Å². The van der Waals surface area contributed by atoms with E-state index in [1.165, 1.54) is 19.3 Å². The fourth-order valence-corrected chi connectivity index (χ4v) is 4.22. The molecule has 102 valence electrons. The molecular weight excluding hydrogens is 230 g/mol. The molecule has 7 unspecified atom stereocenters. The second-order valence-corrected chi connectivity index (χ2v) is 6.10. The number of quaternary nitrogens is 1. The average molecular weight is 254 g/mol. The molecule has 0 bridgehead atoms. The molecule has 1 amide bonds. The average Bonchev–Trinajstić information content (AvgIpc) is 2.35. The van der Waals surface area contributed by atoms with E-state index in [4.69, 9.17) is 10.5 Å². The van der Waals surface area contributed by atoms with Gasteiger partial charge in [0.15, 0.2) is 6.35 Å². The summed E-state index contributed by atoms with van der Waals surface area (Å²) >= 11 is 0. The van der Waals surface area contributed by atoms with Crippen molar-refractivity contribution in [2.24, 2.45) is 17.6 Å². The molecule has 0 aromatic carbocycles. The van der Waals surface area contributed by atoms with E-state index in [1.54, 1.807) is 0 Å². The number of hydrogen-bond acceptors (Lipinski definition) is 4. The lowest BCUT2D eigenvalue weighted by Gasteiger charge is -2.50. The van der Waals surface area contributed by atoms with Crippen LogP contribution in [0.15, 0.2) is 0 Å². The number of nitrogens with one attached hydrogen (secondary N) is 2. The van der Waals surface area contributed by atoms with E-state index in [-0.39, 0.29) is 18.1 Å². The van der Waals surface area contributed by atoms with E-state index in [0.717, 1.165) is 11.3 Å². The van der Waals surface area contributed by atoms with Crippen LogP contribution in [-0.4, -0.2) is 37.5 Å². The molecule has 0 radical (unpaired) electrons. The van der Waals surface area contributed by atoms with Gasteiger partial charge in [-0.25, -0.2) is 4.79 Å². The molecule has 3 rings (SSSR count). The van der Waals surface area contributed by atoms with E-state index in [1.807, 2.05) is 14.0 Å². The largest absolute Gasteiger partial charge is 0.345 e. The smallest absolute Gasteiger partial charge is 0.319 e. The summed E-state index contributed by atoms with van der Waals surface area (Å²) in [6.45, 7) is 2.05. The fourth-order valence-electron chi connectivity index (χ4n) is 4.22. The van der Waals surface area contributed by atoms with Gasteiger partial charge in [0, 0.05) is 18.4 Å². The molecule has 3 aliphatic rings. The molecule has 5 heteroatoms. The van der Waals surface area contributed by atoms with Gasteiger partial charge in [-0.1, -0.05) is 6.42 Å². The minimum Gasteiger partial charge on any atom is -0.345 e. The Morgan fingerprint density at radius 3 is 2.89 bits per heavy atom. The van der Waals surface area contributed by atoms with E-state index in [0.29, 0.717) is 17.9 Å². The summed E-state index contributed by atoms with van der Waals surface area (Å²) in [5.41, 5.74) is 5.88. The van der Waals surface area contributed by atoms with Gasteiger partial charge in [0.2, 0.25) is 0 Å². The Kier molecular flexibility index (Phi) is 3.18. The van der Waals surface area contributed by atoms with Crippen molar-refractivity contribution >= 4 is 5.91 Å². The number of amides is 1. The van der Waals surface area contributed by atoms with Crippen LogP contribution in [0.1, 0.15) is 32.6 Å². The number of rotatable bonds is 0. The molecule has 4 N–H and O–H groups in total. The van der Waals surface area contributed by atoms with Crippen molar-refractivity contribution in [1.29, 1.82) is 0 Å². The molecule has 18 heavy (non-hydrogen) atoms.